The first-order valence-corrected chi connectivity index (χ1v) is 5.80. The molecular weight excluding hydrogens is 218 g/mol. The molecule has 1 amide bonds. The van der Waals surface area contributed by atoms with Gasteiger partial charge in [-0.05, 0) is 12.5 Å². The summed E-state index contributed by atoms with van der Waals surface area (Å²) in [5.41, 5.74) is 1.14. The Balaban J connectivity index is 1.71. The summed E-state index contributed by atoms with van der Waals surface area (Å²) in [6.07, 6.45) is -0.430. The number of morpholine rings is 1. The van der Waals surface area contributed by atoms with Gasteiger partial charge in [0.05, 0.1) is 19.3 Å². The first-order valence-electron chi connectivity index (χ1n) is 5.80. The Bertz CT molecular complexity index is 366. The molecule has 0 aliphatic carbocycles. The van der Waals surface area contributed by atoms with E-state index in [4.69, 9.17) is 9.47 Å². The lowest BCUT2D eigenvalue weighted by Gasteiger charge is -2.27. The normalized spacial score (nSPS) is 24.4. The molecule has 0 aromatic heterocycles. The zero-order valence-electron chi connectivity index (χ0n) is 9.89. The molecule has 0 spiro atoms. The van der Waals surface area contributed by atoms with Gasteiger partial charge in [-0.15, -0.1) is 0 Å². The van der Waals surface area contributed by atoms with Crippen LogP contribution in [0.1, 0.15) is 12.5 Å². The van der Waals surface area contributed by atoms with Crippen LogP contribution in [0.15, 0.2) is 30.3 Å². The Hall–Kier alpha value is -1.39. The van der Waals surface area contributed by atoms with Gasteiger partial charge in [-0.3, -0.25) is 4.79 Å². The lowest BCUT2D eigenvalue weighted by Crippen LogP contribution is -2.49. The first kappa shape index (κ1) is 12.1. The molecule has 2 atom stereocenters. The van der Waals surface area contributed by atoms with Gasteiger partial charge in [-0.2, -0.15) is 0 Å². The zero-order valence-corrected chi connectivity index (χ0v) is 9.89. The Morgan fingerprint density at radius 3 is 2.88 bits per heavy atom. The van der Waals surface area contributed by atoms with Crippen LogP contribution >= 0.6 is 0 Å². The SMILES string of the molecule is C[C@H]1O[C@H](COCc2ccccc2)CNC1=O. The maximum Gasteiger partial charge on any atom is 0.248 e. The monoisotopic (exact) mass is 235 g/mol. The maximum absolute atomic E-state index is 11.2. The zero-order chi connectivity index (χ0) is 12.1. The van der Waals surface area contributed by atoms with Crippen LogP contribution in [0.3, 0.4) is 0 Å². The van der Waals surface area contributed by atoms with Crippen molar-refractivity contribution in [2.45, 2.75) is 25.7 Å². The molecule has 0 unspecified atom stereocenters. The number of amides is 1. The fourth-order valence-electron chi connectivity index (χ4n) is 1.74. The summed E-state index contributed by atoms with van der Waals surface area (Å²) in [5, 5.41) is 2.79. The molecular formula is C13H17NO3. The van der Waals surface area contributed by atoms with Gasteiger partial charge in [-0.1, -0.05) is 30.3 Å². The van der Waals surface area contributed by atoms with Gasteiger partial charge in [-0.25, -0.2) is 0 Å². The average Bonchev–Trinajstić information content (AvgIpc) is 2.35. The molecule has 1 N–H and O–H groups in total. The highest BCUT2D eigenvalue weighted by Gasteiger charge is 2.25. The van der Waals surface area contributed by atoms with Gasteiger partial charge in [0.25, 0.3) is 0 Å². The standard InChI is InChI=1S/C13H17NO3/c1-10-13(15)14-7-12(17-10)9-16-8-11-5-3-2-4-6-11/h2-6,10,12H,7-9H2,1H3,(H,14,15)/t10-,12+/m1/s1. The summed E-state index contributed by atoms with van der Waals surface area (Å²) in [7, 11) is 0. The minimum Gasteiger partial charge on any atom is -0.374 e. The number of carbonyl (C=O) groups is 1. The van der Waals surface area contributed by atoms with Crippen LogP contribution in [0, 0.1) is 0 Å². The van der Waals surface area contributed by atoms with Gasteiger partial charge in [0.1, 0.15) is 6.10 Å². The van der Waals surface area contributed by atoms with Crippen LogP contribution < -0.4 is 5.32 Å². The molecule has 1 fully saturated rings. The number of nitrogens with one attached hydrogen (secondary N) is 1. The van der Waals surface area contributed by atoms with Crippen molar-refractivity contribution in [2.24, 2.45) is 0 Å². The summed E-state index contributed by atoms with van der Waals surface area (Å²) in [6.45, 7) is 3.35. The molecule has 1 aliphatic rings. The average molecular weight is 235 g/mol. The minimum absolute atomic E-state index is 0.0496. The molecule has 0 saturated carbocycles. The third-order valence-electron chi connectivity index (χ3n) is 2.69. The van der Waals surface area contributed by atoms with Crippen LogP contribution in [-0.2, 0) is 20.9 Å². The van der Waals surface area contributed by atoms with Crippen LogP contribution in [0.25, 0.3) is 0 Å². The molecule has 2 rings (SSSR count). The van der Waals surface area contributed by atoms with Crippen LogP contribution in [-0.4, -0.2) is 31.3 Å². The lowest BCUT2D eigenvalue weighted by atomic mass is 10.2. The molecule has 1 saturated heterocycles. The molecule has 1 aromatic rings. The summed E-state index contributed by atoms with van der Waals surface area (Å²) < 4.78 is 11.1. The largest absolute Gasteiger partial charge is 0.374 e. The molecule has 4 nitrogen and oxygen atoms in total. The van der Waals surface area contributed by atoms with Crippen molar-refractivity contribution < 1.29 is 14.3 Å². The maximum atomic E-state index is 11.2. The molecule has 0 radical (unpaired) electrons. The van der Waals surface area contributed by atoms with Gasteiger partial charge in [0.2, 0.25) is 5.91 Å². The van der Waals surface area contributed by atoms with E-state index < -0.39 is 0 Å². The van der Waals surface area contributed by atoms with E-state index in [1.54, 1.807) is 6.92 Å². The second-order valence-corrected chi connectivity index (χ2v) is 4.15. The fraction of sp³-hybridized carbons (Fsp3) is 0.462. The smallest absolute Gasteiger partial charge is 0.248 e. The molecule has 0 bridgehead atoms. The minimum atomic E-state index is -0.380. The number of carbonyl (C=O) groups excluding carboxylic acids is 1. The van der Waals surface area contributed by atoms with E-state index in [0.29, 0.717) is 19.8 Å². The van der Waals surface area contributed by atoms with Gasteiger partial charge < -0.3 is 14.8 Å². The fourth-order valence-corrected chi connectivity index (χ4v) is 1.74. The van der Waals surface area contributed by atoms with Crippen molar-refractivity contribution in [3.8, 4) is 0 Å². The Morgan fingerprint density at radius 2 is 2.18 bits per heavy atom. The second kappa shape index (κ2) is 5.80. The second-order valence-electron chi connectivity index (χ2n) is 4.15. The van der Waals surface area contributed by atoms with Crippen molar-refractivity contribution in [1.29, 1.82) is 0 Å². The van der Waals surface area contributed by atoms with Gasteiger partial charge >= 0.3 is 0 Å². The molecule has 92 valence electrons. The Labute approximate surface area is 101 Å². The summed E-state index contributed by atoms with van der Waals surface area (Å²) in [5.74, 6) is -0.0516. The predicted molar refractivity (Wildman–Crippen MR) is 63.4 cm³/mol. The van der Waals surface area contributed by atoms with Crippen molar-refractivity contribution in [3.05, 3.63) is 35.9 Å². The number of rotatable bonds is 4. The van der Waals surface area contributed by atoms with Crippen molar-refractivity contribution in [1.82, 2.24) is 5.32 Å². The Kier molecular flexibility index (Phi) is 4.12. The number of hydrogen-bond acceptors (Lipinski definition) is 3. The predicted octanol–water partition coefficient (Wildman–Crippen LogP) is 1.11. The highest BCUT2D eigenvalue weighted by atomic mass is 16.5. The van der Waals surface area contributed by atoms with E-state index in [2.05, 4.69) is 5.32 Å². The van der Waals surface area contributed by atoms with E-state index in [1.165, 1.54) is 0 Å². The van der Waals surface area contributed by atoms with Crippen molar-refractivity contribution in [2.75, 3.05) is 13.2 Å². The van der Waals surface area contributed by atoms with Gasteiger partial charge in [0.15, 0.2) is 0 Å². The Morgan fingerprint density at radius 1 is 1.41 bits per heavy atom. The van der Waals surface area contributed by atoms with Gasteiger partial charge in [0, 0.05) is 6.54 Å². The topological polar surface area (TPSA) is 47.6 Å². The molecule has 4 heteroatoms. The van der Waals surface area contributed by atoms with Crippen molar-refractivity contribution >= 4 is 5.91 Å². The summed E-state index contributed by atoms with van der Waals surface area (Å²) >= 11 is 0. The molecule has 17 heavy (non-hydrogen) atoms. The lowest BCUT2D eigenvalue weighted by molar-refractivity contribution is -0.146. The number of hydrogen-bond donors (Lipinski definition) is 1. The van der Waals surface area contributed by atoms with Crippen molar-refractivity contribution in [3.63, 3.8) is 0 Å². The molecule has 1 aliphatic heterocycles. The summed E-state index contributed by atoms with van der Waals surface area (Å²) in [4.78, 5) is 11.2. The third kappa shape index (κ3) is 3.54. The van der Waals surface area contributed by atoms with Crippen LogP contribution in [0.4, 0.5) is 0 Å². The van der Waals surface area contributed by atoms with E-state index in [0.717, 1.165) is 5.56 Å². The van der Waals surface area contributed by atoms with E-state index >= 15 is 0 Å². The van der Waals surface area contributed by atoms with E-state index in [1.807, 2.05) is 30.3 Å². The van der Waals surface area contributed by atoms with E-state index in [-0.39, 0.29) is 18.1 Å². The van der Waals surface area contributed by atoms with Crippen LogP contribution in [0.5, 0.6) is 0 Å². The number of ether oxygens (including phenoxy) is 2. The quantitative estimate of drug-likeness (QED) is 0.850. The number of benzene rings is 1. The third-order valence-corrected chi connectivity index (χ3v) is 2.69. The summed E-state index contributed by atoms with van der Waals surface area (Å²) in [6, 6.07) is 9.99. The highest BCUT2D eigenvalue weighted by Crippen LogP contribution is 2.07. The highest BCUT2D eigenvalue weighted by molar-refractivity contribution is 5.80. The molecule has 1 heterocycles. The van der Waals surface area contributed by atoms with Crippen LogP contribution in [0.2, 0.25) is 0 Å². The molecule has 1 aromatic carbocycles. The van der Waals surface area contributed by atoms with E-state index in [9.17, 15) is 4.79 Å². The first-order chi connectivity index (χ1) is 8.25.